The second-order valence-corrected chi connectivity index (χ2v) is 3.92. The van der Waals surface area contributed by atoms with Crippen LogP contribution >= 0.6 is 11.8 Å². The molecule has 0 fully saturated rings. The van der Waals surface area contributed by atoms with E-state index in [2.05, 4.69) is 25.1 Å². The summed E-state index contributed by atoms with van der Waals surface area (Å²) in [5.41, 5.74) is 5.85. The number of H-pyrrole nitrogens is 1. The number of rotatable bonds is 4. The monoisotopic (exact) mass is 252 g/mol. The summed E-state index contributed by atoms with van der Waals surface area (Å²) >= 11 is 1.24. The molecule has 4 N–H and O–H groups in total. The van der Waals surface area contributed by atoms with E-state index in [-0.39, 0.29) is 11.5 Å². The van der Waals surface area contributed by atoms with Crippen molar-refractivity contribution in [3.05, 3.63) is 23.8 Å². The highest BCUT2D eigenvalue weighted by Gasteiger charge is 2.12. The van der Waals surface area contributed by atoms with Crippen LogP contribution in [0.5, 0.6) is 0 Å². The minimum atomic E-state index is -1.06. The van der Waals surface area contributed by atoms with Gasteiger partial charge in [0.2, 0.25) is 11.1 Å². The number of aromatic carboxylic acids is 1. The first-order valence-corrected chi connectivity index (χ1v) is 5.48. The number of aromatic amines is 1. The summed E-state index contributed by atoms with van der Waals surface area (Å²) in [5.74, 6) is -0.508. The lowest BCUT2D eigenvalue weighted by Crippen LogP contribution is -2.04. The number of thioether (sulfide) groups is 1. The van der Waals surface area contributed by atoms with Crippen LogP contribution in [0, 0.1) is 0 Å². The predicted molar refractivity (Wildman–Crippen MR) is 59.3 cm³/mol. The van der Waals surface area contributed by atoms with Gasteiger partial charge in [-0.1, -0.05) is 11.8 Å². The van der Waals surface area contributed by atoms with E-state index in [1.165, 1.54) is 24.3 Å². The van der Waals surface area contributed by atoms with Gasteiger partial charge in [0, 0.05) is 11.9 Å². The molecule has 0 bridgehead atoms. The molecule has 2 rings (SSSR count). The van der Waals surface area contributed by atoms with Gasteiger partial charge < -0.3 is 10.8 Å². The van der Waals surface area contributed by atoms with Crippen LogP contribution in [-0.4, -0.2) is 36.2 Å². The maximum absolute atomic E-state index is 10.9. The van der Waals surface area contributed by atoms with Crippen molar-refractivity contribution in [2.75, 3.05) is 5.73 Å². The van der Waals surface area contributed by atoms with Crippen LogP contribution in [0.4, 0.5) is 5.95 Å². The van der Waals surface area contributed by atoms with Gasteiger partial charge >= 0.3 is 5.97 Å². The molecular formula is C8H8N6O2S. The van der Waals surface area contributed by atoms with Gasteiger partial charge in [-0.25, -0.2) is 19.9 Å². The summed E-state index contributed by atoms with van der Waals surface area (Å²) in [4.78, 5) is 22.4. The number of nitrogen functional groups attached to an aromatic ring is 1. The molecule has 0 atom stereocenters. The molecule has 88 valence electrons. The largest absolute Gasteiger partial charge is 0.478 e. The molecule has 0 aromatic carbocycles. The Bertz CT molecular complexity index is 542. The van der Waals surface area contributed by atoms with Crippen molar-refractivity contribution in [3.63, 3.8) is 0 Å². The topological polar surface area (TPSA) is 131 Å². The molecular weight excluding hydrogens is 244 g/mol. The van der Waals surface area contributed by atoms with Gasteiger partial charge in [-0.15, -0.1) is 5.10 Å². The number of anilines is 1. The Morgan fingerprint density at radius 3 is 3.06 bits per heavy atom. The fraction of sp³-hybridized carbons (Fsp3) is 0.125. The second-order valence-electron chi connectivity index (χ2n) is 2.98. The molecule has 2 heterocycles. The van der Waals surface area contributed by atoms with Crippen molar-refractivity contribution in [2.24, 2.45) is 0 Å². The first-order valence-electron chi connectivity index (χ1n) is 4.49. The van der Waals surface area contributed by atoms with Gasteiger partial charge in [0.25, 0.3) is 0 Å². The van der Waals surface area contributed by atoms with E-state index in [9.17, 15) is 4.79 Å². The second kappa shape index (κ2) is 4.78. The Balaban J connectivity index is 2.11. The third kappa shape index (κ3) is 2.69. The van der Waals surface area contributed by atoms with E-state index in [4.69, 9.17) is 10.8 Å². The molecule has 0 radical (unpaired) electrons. The van der Waals surface area contributed by atoms with E-state index >= 15 is 0 Å². The first kappa shape index (κ1) is 11.3. The van der Waals surface area contributed by atoms with Crippen molar-refractivity contribution in [1.29, 1.82) is 0 Å². The predicted octanol–water partition coefficient (Wildman–Crippen LogP) is 0.167. The summed E-state index contributed by atoms with van der Waals surface area (Å²) in [6.07, 6.45) is 2.56. The van der Waals surface area contributed by atoms with E-state index in [0.717, 1.165) is 0 Å². The third-order valence-corrected chi connectivity index (χ3v) is 2.70. The third-order valence-electron chi connectivity index (χ3n) is 1.85. The van der Waals surface area contributed by atoms with Crippen LogP contribution in [0.2, 0.25) is 0 Å². The van der Waals surface area contributed by atoms with Crippen molar-refractivity contribution >= 4 is 23.7 Å². The average Bonchev–Trinajstić information content (AvgIpc) is 2.73. The fourth-order valence-electron chi connectivity index (χ4n) is 1.10. The molecule has 0 amide bonds. The molecule has 9 heteroatoms. The van der Waals surface area contributed by atoms with Crippen molar-refractivity contribution in [1.82, 2.24) is 25.1 Å². The molecule has 8 nitrogen and oxygen atoms in total. The van der Waals surface area contributed by atoms with Gasteiger partial charge in [-0.2, -0.15) is 4.98 Å². The average molecular weight is 252 g/mol. The molecule has 0 saturated heterocycles. The van der Waals surface area contributed by atoms with Crippen molar-refractivity contribution in [3.8, 4) is 0 Å². The molecule has 17 heavy (non-hydrogen) atoms. The lowest BCUT2D eigenvalue weighted by Gasteiger charge is -2.01. The number of nitrogens with two attached hydrogens (primary N) is 1. The van der Waals surface area contributed by atoms with Crippen LogP contribution in [0.1, 0.15) is 16.1 Å². The molecule has 2 aromatic rings. The van der Waals surface area contributed by atoms with Crippen LogP contribution in [0.3, 0.4) is 0 Å². The summed E-state index contributed by atoms with van der Waals surface area (Å²) < 4.78 is 0. The van der Waals surface area contributed by atoms with Crippen LogP contribution < -0.4 is 5.73 Å². The smallest absolute Gasteiger partial charge is 0.339 e. The zero-order valence-corrected chi connectivity index (χ0v) is 9.31. The molecule has 0 aliphatic rings. The van der Waals surface area contributed by atoms with Gasteiger partial charge in [-0.3, -0.25) is 0 Å². The molecule has 0 aliphatic carbocycles. The molecule has 0 spiro atoms. The SMILES string of the molecule is Nc1nc(SCc2ncncc2C(=O)O)n[nH]1. The highest BCUT2D eigenvalue weighted by Crippen LogP contribution is 2.19. The Labute approximate surface area is 99.7 Å². The first-order chi connectivity index (χ1) is 8.16. The summed E-state index contributed by atoms with van der Waals surface area (Å²) in [5, 5.41) is 15.7. The molecule has 0 saturated carbocycles. The number of hydrogen-bond donors (Lipinski definition) is 3. The van der Waals surface area contributed by atoms with E-state index in [1.54, 1.807) is 0 Å². The number of carbonyl (C=O) groups is 1. The van der Waals surface area contributed by atoms with Gasteiger partial charge in [0.05, 0.1) is 5.69 Å². The number of aromatic nitrogens is 5. The minimum absolute atomic E-state index is 0.0727. The summed E-state index contributed by atoms with van der Waals surface area (Å²) in [7, 11) is 0. The number of carboxylic acid groups (broad SMARTS) is 1. The minimum Gasteiger partial charge on any atom is -0.478 e. The highest BCUT2D eigenvalue weighted by molar-refractivity contribution is 7.98. The van der Waals surface area contributed by atoms with E-state index in [0.29, 0.717) is 16.6 Å². The van der Waals surface area contributed by atoms with Gasteiger partial charge in [0.15, 0.2) is 0 Å². The van der Waals surface area contributed by atoms with Crippen molar-refractivity contribution < 1.29 is 9.90 Å². The fourth-order valence-corrected chi connectivity index (χ4v) is 1.87. The number of nitrogens with one attached hydrogen (secondary N) is 1. The summed E-state index contributed by atoms with van der Waals surface area (Å²) in [6, 6.07) is 0. The lowest BCUT2D eigenvalue weighted by molar-refractivity contribution is 0.0695. The van der Waals surface area contributed by atoms with Crippen molar-refractivity contribution in [2.45, 2.75) is 10.9 Å². The van der Waals surface area contributed by atoms with Gasteiger partial charge in [0.1, 0.15) is 11.9 Å². The number of carboxylic acids is 1. The maximum atomic E-state index is 10.9. The highest BCUT2D eigenvalue weighted by atomic mass is 32.2. The van der Waals surface area contributed by atoms with E-state index < -0.39 is 5.97 Å². The van der Waals surface area contributed by atoms with Crippen LogP contribution in [0.25, 0.3) is 0 Å². The maximum Gasteiger partial charge on any atom is 0.339 e. The Hall–Kier alpha value is -2.16. The summed E-state index contributed by atoms with van der Waals surface area (Å²) in [6.45, 7) is 0. The lowest BCUT2D eigenvalue weighted by atomic mass is 10.2. The zero-order valence-electron chi connectivity index (χ0n) is 8.49. The Kier molecular flexibility index (Phi) is 3.19. The van der Waals surface area contributed by atoms with Gasteiger partial charge in [-0.05, 0) is 0 Å². The Morgan fingerprint density at radius 1 is 1.59 bits per heavy atom. The molecule has 0 unspecified atom stereocenters. The standard InChI is InChI=1S/C8H8N6O2S/c9-7-12-8(14-13-7)17-2-5-4(6(15)16)1-10-3-11-5/h1,3H,2H2,(H,15,16)(H3,9,12,13,14). The van der Waals surface area contributed by atoms with Crippen LogP contribution in [0.15, 0.2) is 17.7 Å². The zero-order chi connectivity index (χ0) is 12.3. The number of hydrogen-bond acceptors (Lipinski definition) is 7. The quantitative estimate of drug-likeness (QED) is 0.656. The molecule has 2 aromatic heterocycles. The molecule has 0 aliphatic heterocycles. The normalized spacial score (nSPS) is 10.4. The Morgan fingerprint density at radius 2 is 2.41 bits per heavy atom. The number of nitrogens with zero attached hydrogens (tertiary/aromatic N) is 4. The van der Waals surface area contributed by atoms with Crippen LogP contribution in [-0.2, 0) is 5.75 Å². The van der Waals surface area contributed by atoms with E-state index in [1.807, 2.05) is 0 Å².